The molecule has 0 N–H and O–H groups in total. The molecule has 0 saturated carbocycles. The Balaban J connectivity index is 1.34. The van der Waals surface area contributed by atoms with Crippen LogP contribution in [-0.2, 0) is 16.1 Å². The van der Waals surface area contributed by atoms with Gasteiger partial charge in [0.05, 0.1) is 6.54 Å². The van der Waals surface area contributed by atoms with Gasteiger partial charge in [0.2, 0.25) is 11.8 Å². The number of amides is 2. The molecule has 1 aromatic rings. The first-order valence-electron chi connectivity index (χ1n) is 10.4. The van der Waals surface area contributed by atoms with E-state index in [2.05, 4.69) is 36.1 Å². The van der Waals surface area contributed by atoms with Gasteiger partial charge in [-0.15, -0.1) is 0 Å². The molecule has 3 heterocycles. The van der Waals surface area contributed by atoms with Crippen molar-refractivity contribution in [3.63, 3.8) is 0 Å². The van der Waals surface area contributed by atoms with E-state index in [9.17, 15) is 9.59 Å². The predicted octanol–water partition coefficient (Wildman–Crippen LogP) is 2.43. The maximum atomic E-state index is 12.7. The normalized spacial score (nSPS) is 26.3. The van der Waals surface area contributed by atoms with Crippen LogP contribution in [0.4, 0.5) is 0 Å². The Bertz CT molecular complexity index is 719. The lowest BCUT2D eigenvalue weighted by molar-refractivity contribution is -0.138. The molecule has 2 amide bonds. The average Bonchev–Trinajstić information content (AvgIpc) is 3.22. The summed E-state index contributed by atoms with van der Waals surface area (Å²) in [5, 5.41) is 0. The van der Waals surface area contributed by atoms with E-state index in [1.165, 1.54) is 24.0 Å². The van der Waals surface area contributed by atoms with E-state index in [1.807, 2.05) is 4.90 Å². The fourth-order valence-electron chi connectivity index (χ4n) is 5.13. The zero-order valence-corrected chi connectivity index (χ0v) is 16.5. The first-order chi connectivity index (χ1) is 13.0. The molecule has 1 atom stereocenters. The molecule has 0 bridgehead atoms. The lowest BCUT2D eigenvalue weighted by atomic mass is 9.79. The minimum Gasteiger partial charge on any atom is -0.341 e. The lowest BCUT2D eigenvalue weighted by Gasteiger charge is -2.40. The van der Waals surface area contributed by atoms with Gasteiger partial charge in [0, 0.05) is 44.6 Å². The molecule has 3 aliphatic rings. The van der Waals surface area contributed by atoms with Crippen LogP contribution in [0.25, 0.3) is 0 Å². The molecule has 0 radical (unpaired) electrons. The quantitative estimate of drug-likeness (QED) is 0.819. The second kappa shape index (κ2) is 7.63. The van der Waals surface area contributed by atoms with Crippen molar-refractivity contribution in [3.05, 3.63) is 35.4 Å². The van der Waals surface area contributed by atoms with Gasteiger partial charge in [0.1, 0.15) is 0 Å². The first kappa shape index (κ1) is 18.5. The number of carbonyl (C=O) groups is 2. The molecule has 3 fully saturated rings. The summed E-state index contributed by atoms with van der Waals surface area (Å²) >= 11 is 0. The Morgan fingerprint density at radius 2 is 2.00 bits per heavy atom. The molecule has 4 rings (SSSR count). The monoisotopic (exact) mass is 369 g/mol. The van der Waals surface area contributed by atoms with E-state index in [-0.39, 0.29) is 23.8 Å². The number of aryl methyl sites for hydroxylation is 1. The molecule has 5 heteroatoms. The van der Waals surface area contributed by atoms with Gasteiger partial charge in [0.15, 0.2) is 0 Å². The third-order valence-corrected chi connectivity index (χ3v) is 6.52. The van der Waals surface area contributed by atoms with Gasteiger partial charge in [-0.3, -0.25) is 14.5 Å². The van der Waals surface area contributed by atoms with E-state index in [0.29, 0.717) is 6.42 Å². The Hall–Kier alpha value is -1.88. The Labute approximate surface area is 162 Å². The number of piperidine rings is 1. The fraction of sp³-hybridized carbons (Fsp3) is 0.636. The topological polar surface area (TPSA) is 43.9 Å². The zero-order valence-electron chi connectivity index (χ0n) is 16.5. The predicted molar refractivity (Wildman–Crippen MR) is 105 cm³/mol. The molecule has 0 unspecified atom stereocenters. The summed E-state index contributed by atoms with van der Waals surface area (Å²) in [6.07, 6.45) is 5.01. The highest BCUT2D eigenvalue weighted by Gasteiger charge is 2.43. The molecule has 0 aromatic heterocycles. The number of carbonyl (C=O) groups excluding carboxylic acids is 2. The van der Waals surface area contributed by atoms with Crippen LogP contribution in [0.5, 0.6) is 0 Å². The van der Waals surface area contributed by atoms with Crippen LogP contribution in [0, 0.1) is 12.3 Å². The van der Waals surface area contributed by atoms with Gasteiger partial charge in [-0.2, -0.15) is 0 Å². The van der Waals surface area contributed by atoms with E-state index < -0.39 is 0 Å². The summed E-state index contributed by atoms with van der Waals surface area (Å²) < 4.78 is 0. The van der Waals surface area contributed by atoms with Crippen LogP contribution in [0.2, 0.25) is 0 Å². The third kappa shape index (κ3) is 4.18. The van der Waals surface area contributed by atoms with Gasteiger partial charge < -0.3 is 9.80 Å². The molecular formula is C22H31N3O2. The third-order valence-electron chi connectivity index (χ3n) is 6.52. The van der Waals surface area contributed by atoms with E-state index >= 15 is 0 Å². The Morgan fingerprint density at radius 1 is 1.11 bits per heavy atom. The van der Waals surface area contributed by atoms with Crippen LogP contribution in [0.3, 0.4) is 0 Å². The summed E-state index contributed by atoms with van der Waals surface area (Å²) in [5.74, 6) is 0.275. The van der Waals surface area contributed by atoms with Crippen molar-refractivity contribution in [2.75, 3.05) is 39.3 Å². The van der Waals surface area contributed by atoms with Crippen molar-refractivity contribution in [2.45, 2.75) is 45.6 Å². The summed E-state index contributed by atoms with van der Waals surface area (Å²) in [6, 6.07) is 8.78. The second-order valence-electron chi connectivity index (χ2n) is 8.79. The maximum Gasteiger partial charge on any atom is 0.242 e. The van der Waals surface area contributed by atoms with Crippen molar-refractivity contribution >= 4 is 11.8 Å². The van der Waals surface area contributed by atoms with Gasteiger partial charge in [-0.05, 0) is 44.7 Å². The van der Waals surface area contributed by atoms with Crippen molar-refractivity contribution < 1.29 is 9.59 Å². The van der Waals surface area contributed by atoms with Crippen LogP contribution in [0.15, 0.2) is 24.3 Å². The smallest absolute Gasteiger partial charge is 0.242 e. The molecule has 1 spiro atoms. The lowest BCUT2D eigenvalue weighted by Crippen LogP contribution is -2.46. The summed E-state index contributed by atoms with van der Waals surface area (Å²) in [7, 11) is 0. The van der Waals surface area contributed by atoms with E-state index in [4.69, 9.17) is 0 Å². The van der Waals surface area contributed by atoms with Crippen LogP contribution < -0.4 is 0 Å². The number of nitrogens with zero attached hydrogens (tertiary/aromatic N) is 3. The molecule has 3 saturated heterocycles. The molecular weight excluding hydrogens is 338 g/mol. The van der Waals surface area contributed by atoms with Crippen molar-refractivity contribution in [1.29, 1.82) is 0 Å². The summed E-state index contributed by atoms with van der Waals surface area (Å²) in [6.45, 7) is 8.10. The SMILES string of the molecule is Cc1cccc(CN2CCC[C@@]3(CCN(C(=O)CN4CCCC4=O)C3)C2)c1. The first-order valence-corrected chi connectivity index (χ1v) is 10.4. The molecule has 5 nitrogen and oxygen atoms in total. The van der Waals surface area contributed by atoms with E-state index in [0.717, 1.165) is 52.1 Å². The van der Waals surface area contributed by atoms with E-state index in [1.54, 1.807) is 4.90 Å². The van der Waals surface area contributed by atoms with Crippen LogP contribution in [-0.4, -0.2) is 65.8 Å². The number of benzene rings is 1. The summed E-state index contributed by atoms with van der Waals surface area (Å²) in [4.78, 5) is 30.8. The van der Waals surface area contributed by atoms with Gasteiger partial charge in [-0.25, -0.2) is 0 Å². The van der Waals surface area contributed by atoms with Crippen LogP contribution in [0.1, 0.15) is 43.2 Å². The molecule has 146 valence electrons. The highest BCUT2D eigenvalue weighted by molar-refractivity contribution is 5.86. The average molecular weight is 370 g/mol. The molecule has 3 aliphatic heterocycles. The van der Waals surface area contributed by atoms with Crippen molar-refractivity contribution in [1.82, 2.24) is 14.7 Å². The number of hydrogen-bond donors (Lipinski definition) is 0. The number of hydrogen-bond acceptors (Lipinski definition) is 3. The van der Waals surface area contributed by atoms with Gasteiger partial charge in [0.25, 0.3) is 0 Å². The highest BCUT2D eigenvalue weighted by atomic mass is 16.2. The molecule has 0 aliphatic carbocycles. The highest BCUT2D eigenvalue weighted by Crippen LogP contribution is 2.39. The maximum absolute atomic E-state index is 12.7. The summed E-state index contributed by atoms with van der Waals surface area (Å²) in [5.41, 5.74) is 2.94. The molecule has 1 aromatic carbocycles. The van der Waals surface area contributed by atoms with Crippen molar-refractivity contribution in [2.24, 2.45) is 5.41 Å². The minimum atomic E-state index is 0.137. The second-order valence-corrected chi connectivity index (χ2v) is 8.79. The number of likely N-dealkylation sites (tertiary alicyclic amines) is 3. The fourth-order valence-corrected chi connectivity index (χ4v) is 5.13. The largest absolute Gasteiger partial charge is 0.341 e. The minimum absolute atomic E-state index is 0.137. The zero-order chi connectivity index (χ0) is 18.9. The number of rotatable bonds is 4. The standard InChI is InChI=1S/C22H31N3O2/c1-18-5-2-6-19(13-18)14-23-10-4-8-22(16-23)9-12-25(17-22)21(27)15-24-11-3-7-20(24)26/h2,5-6,13H,3-4,7-12,14-17H2,1H3/t22-/m1/s1. The van der Waals surface area contributed by atoms with Crippen LogP contribution >= 0.6 is 0 Å². The Kier molecular flexibility index (Phi) is 5.22. The van der Waals surface area contributed by atoms with Gasteiger partial charge in [-0.1, -0.05) is 29.8 Å². The Morgan fingerprint density at radius 3 is 2.78 bits per heavy atom. The van der Waals surface area contributed by atoms with Gasteiger partial charge >= 0.3 is 0 Å². The molecule has 27 heavy (non-hydrogen) atoms. The van der Waals surface area contributed by atoms with Crippen molar-refractivity contribution in [3.8, 4) is 0 Å².